The minimum atomic E-state index is -1.30. The zero-order chi connectivity index (χ0) is 33.6. The molecule has 2 N–H and O–H groups in total. The van der Waals surface area contributed by atoms with Crippen molar-refractivity contribution in [3.8, 4) is 23.0 Å². The fourth-order valence-corrected chi connectivity index (χ4v) is 6.51. The minimum absolute atomic E-state index is 0.0996. The molecule has 4 aromatic rings. The summed E-state index contributed by atoms with van der Waals surface area (Å²) in [7, 11) is 3.51. The van der Waals surface area contributed by atoms with E-state index in [1.54, 1.807) is 18.2 Å². The van der Waals surface area contributed by atoms with E-state index in [0.717, 1.165) is 32.0 Å². The van der Waals surface area contributed by atoms with Gasteiger partial charge in [-0.1, -0.05) is 0 Å². The third-order valence-electron chi connectivity index (χ3n) is 9.19. The lowest BCUT2D eigenvalue weighted by atomic mass is 10.0. The van der Waals surface area contributed by atoms with Crippen LogP contribution in [0, 0.1) is 17.0 Å². The molecule has 0 spiro atoms. The lowest BCUT2D eigenvalue weighted by Gasteiger charge is -2.38. The number of amides is 3. The molecule has 3 heterocycles. The third kappa shape index (κ3) is 5.97. The molecule has 3 aliphatic rings. The number of carbonyl (C=O) groups is 3. The highest BCUT2D eigenvalue weighted by Gasteiger charge is 2.56. The van der Waals surface area contributed by atoms with Crippen molar-refractivity contribution >= 4 is 40.2 Å². The van der Waals surface area contributed by atoms with Crippen LogP contribution in [0.4, 0.5) is 25.0 Å². The van der Waals surface area contributed by atoms with Gasteiger partial charge in [-0.15, -0.1) is 0 Å². The number of ether oxygens (including phenoxy) is 3. The van der Waals surface area contributed by atoms with Crippen LogP contribution in [-0.4, -0.2) is 72.0 Å². The van der Waals surface area contributed by atoms with Crippen molar-refractivity contribution in [3.63, 3.8) is 0 Å². The molecule has 7 rings (SSSR count). The Morgan fingerprint density at radius 2 is 1.50 bits per heavy atom. The second-order valence-electron chi connectivity index (χ2n) is 12.5. The smallest absolute Gasteiger partial charge is 0.415 e. The van der Waals surface area contributed by atoms with Gasteiger partial charge in [-0.25, -0.2) is 13.6 Å². The van der Waals surface area contributed by atoms with Crippen molar-refractivity contribution in [2.45, 2.75) is 37.8 Å². The lowest BCUT2D eigenvalue weighted by molar-refractivity contribution is -0.131. The van der Waals surface area contributed by atoms with Gasteiger partial charge in [-0.2, -0.15) is 0 Å². The van der Waals surface area contributed by atoms with E-state index >= 15 is 4.39 Å². The maximum Gasteiger partial charge on any atom is 0.415 e. The largest absolute Gasteiger partial charge is 0.493 e. The van der Waals surface area contributed by atoms with E-state index in [2.05, 4.69) is 27.6 Å². The molecular formula is C35H33F2N5O6. The summed E-state index contributed by atoms with van der Waals surface area (Å²) in [5.41, 5.74) is -0.349. The van der Waals surface area contributed by atoms with Gasteiger partial charge in [0.15, 0.2) is 23.1 Å². The molecule has 0 radical (unpaired) electrons. The van der Waals surface area contributed by atoms with Crippen molar-refractivity contribution in [3.05, 3.63) is 78.5 Å². The summed E-state index contributed by atoms with van der Waals surface area (Å²) in [6, 6.07) is 14.2. The SMILES string of the molecule is COc1cc2c(Oc3ccc(NC(=O)C4(C(=O)Nc5ccc(F)cc5)CC4)cc3F)ccnc2cc1OC(=O)N1C2CCC1CN(C)C2. The van der Waals surface area contributed by atoms with Crippen LogP contribution in [0.25, 0.3) is 10.9 Å². The number of piperazine rings is 1. The molecular weight excluding hydrogens is 624 g/mol. The predicted octanol–water partition coefficient (Wildman–Crippen LogP) is 5.95. The number of rotatable bonds is 8. The first-order valence-corrected chi connectivity index (χ1v) is 15.6. The number of fused-ring (bicyclic) bond motifs is 3. The van der Waals surface area contributed by atoms with Crippen LogP contribution in [0.5, 0.6) is 23.0 Å². The zero-order valence-corrected chi connectivity index (χ0v) is 26.3. The number of likely N-dealkylation sites (tertiary alicyclic amines) is 1. The Bertz CT molecular complexity index is 1900. The summed E-state index contributed by atoms with van der Waals surface area (Å²) >= 11 is 0. The molecule has 2 atom stereocenters. The monoisotopic (exact) mass is 657 g/mol. The number of halogens is 2. The van der Waals surface area contributed by atoms with Crippen molar-refractivity contribution in [1.82, 2.24) is 14.8 Å². The maximum absolute atomic E-state index is 15.3. The number of anilines is 2. The molecule has 3 fully saturated rings. The number of hydrogen-bond acceptors (Lipinski definition) is 8. The van der Waals surface area contributed by atoms with Gasteiger partial charge in [0.05, 0.1) is 12.6 Å². The number of nitrogens with zero attached hydrogens (tertiary/aromatic N) is 3. The highest BCUT2D eigenvalue weighted by molar-refractivity contribution is 6.16. The van der Waals surface area contributed by atoms with Crippen LogP contribution >= 0.6 is 0 Å². The van der Waals surface area contributed by atoms with E-state index in [1.165, 1.54) is 49.7 Å². The Balaban J connectivity index is 1.05. The molecule has 2 saturated heterocycles. The van der Waals surface area contributed by atoms with E-state index in [4.69, 9.17) is 14.2 Å². The van der Waals surface area contributed by atoms with E-state index in [1.807, 2.05) is 4.90 Å². The molecule has 1 aliphatic carbocycles. The fraction of sp³-hybridized carbons (Fsp3) is 0.314. The van der Waals surface area contributed by atoms with Crippen molar-refractivity contribution in [2.24, 2.45) is 5.41 Å². The van der Waals surface area contributed by atoms with Crippen LogP contribution in [-0.2, 0) is 9.59 Å². The summed E-state index contributed by atoms with van der Waals surface area (Å²) in [6.07, 6.45) is 3.58. The number of likely N-dealkylation sites (N-methyl/N-ethyl adjacent to an activating group) is 1. The van der Waals surface area contributed by atoms with Gasteiger partial charge < -0.3 is 29.7 Å². The lowest BCUT2D eigenvalue weighted by Crippen LogP contribution is -2.55. The molecule has 1 saturated carbocycles. The van der Waals surface area contributed by atoms with Crippen molar-refractivity contribution < 1.29 is 37.4 Å². The van der Waals surface area contributed by atoms with Crippen LogP contribution in [0.3, 0.4) is 0 Å². The molecule has 13 heteroatoms. The molecule has 248 valence electrons. The summed E-state index contributed by atoms with van der Waals surface area (Å²) in [4.78, 5) is 47.6. The van der Waals surface area contributed by atoms with Gasteiger partial charge in [-0.05, 0) is 81.3 Å². The first kappa shape index (κ1) is 31.3. The fourth-order valence-electron chi connectivity index (χ4n) is 6.51. The number of pyridine rings is 1. The molecule has 2 bridgehead atoms. The normalized spacial score (nSPS) is 19.5. The predicted molar refractivity (Wildman–Crippen MR) is 172 cm³/mol. The summed E-state index contributed by atoms with van der Waals surface area (Å²) in [6.45, 7) is 1.59. The molecule has 2 aliphatic heterocycles. The van der Waals surface area contributed by atoms with Crippen LogP contribution in [0.15, 0.2) is 66.9 Å². The van der Waals surface area contributed by atoms with E-state index in [-0.39, 0.29) is 40.8 Å². The Kier molecular flexibility index (Phi) is 8.07. The molecule has 1 aromatic heterocycles. The van der Waals surface area contributed by atoms with Crippen molar-refractivity contribution in [2.75, 3.05) is 37.9 Å². The summed E-state index contributed by atoms with van der Waals surface area (Å²) in [5.74, 6) is -1.63. The molecule has 2 unspecified atom stereocenters. The first-order chi connectivity index (χ1) is 23.1. The number of aromatic nitrogens is 1. The van der Waals surface area contributed by atoms with E-state index < -0.39 is 35.0 Å². The quantitative estimate of drug-likeness (QED) is 0.223. The number of methoxy groups -OCH3 is 1. The average molecular weight is 658 g/mol. The van der Waals surface area contributed by atoms with E-state index in [9.17, 15) is 18.8 Å². The zero-order valence-electron chi connectivity index (χ0n) is 26.3. The second kappa shape index (κ2) is 12.4. The van der Waals surface area contributed by atoms with E-state index in [0.29, 0.717) is 29.4 Å². The average Bonchev–Trinajstić information content (AvgIpc) is 3.83. The number of benzene rings is 3. The molecule has 11 nitrogen and oxygen atoms in total. The molecule has 3 amide bonds. The number of nitrogens with one attached hydrogen (secondary N) is 2. The highest BCUT2D eigenvalue weighted by Crippen LogP contribution is 2.48. The second-order valence-corrected chi connectivity index (χ2v) is 12.5. The topological polar surface area (TPSA) is 122 Å². The Labute approximate surface area is 274 Å². The standard InChI is InChI=1S/C35H33F2N5O6/c1-41-18-23-8-9-24(19-41)42(23)34(45)48-31-17-27-25(16-30(31)46-2)28(11-14-38-27)47-29-10-7-22(15-26(29)37)40-33(44)35(12-13-35)32(43)39-21-5-3-20(36)4-6-21/h3-7,10-11,14-17,23-24H,8-9,12-13,18-19H2,1-2H3,(H,39,43)(H,40,44). The van der Waals surface area contributed by atoms with Gasteiger partial charge in [0, 0.05) is 60.3 Å². The van der Waals surface area contributed by atoms with Gasteiger partial charge in [0.1, 0.15) is 17.0 Å². The molecule has 48 heavy (non-hydrogen) atoms. The van der Waals surface area contributed by atoms with Crippen molar-refractivity contribution in [1.29, 1.82) is 0 Å². The Morgan fingerprint density at radius 3 is 2.15 bits per heavy atom. The molecule has 3 aromatic carbocycles. The van der Waals surface area contributed by atoms with Crippen LogP contribution in [0.1, 0.15) is 25.7 Å². The minimum Gasteiger partial charge on any atom is -0.493 e. The summed E-state index contributed by atoms with van der Waals surface area (Å²) < 4.78 is 45.8. The third-order valence-corrected chi connectivity index (χ3v) is 9.19. The highest BCUT2D eigenvalue weighted by atomic mass is 19.1. The number of carbonyl (C=O) groups excluding carboxylic acids is 3. The summed E-state index contributed by atoms with van der Waals surface area (Å²) in [5, 5.41) is 5.76. The van der Waals surface area contributed by atoms with Crippen LogP contribution in [0.2, 0.25) is 0 Å². The van der Waals surface area contributed by atoms with Crippen LogP contribution < -0.4 is 24.8 Å². The van der Waals surface area contributed by atoms with Gasteiger partial charge in [0.25, 0.3) is 0 Å². The van der Waals surface area contributed by atoms with Gasteiger partial charge in [-0.3, -0.25) is 19.5 Å². The number of hydrogen-bond donors (Lipinski definition) is 2. The van der Waals surface area contributed by atoms with Gasteiger partial charge >= 0.3 is 6.09 Å². The van der Waals surface area contributed by atoms with Gasteiger partial charge in [0.2, 0.25) is 11.8 Å². The Hall–Kier alpha value is -5.30. The Morgan fingerprint density at radius 1 is 0.833 bits per heavy atom. The maximum atomic E-state index is 15.3. The first-order valence-electron chi connectivity index (χ1n) is 15.6.